The summed E-state index contributed by atoms with van der Waals surface area (Å²) in [6, 6.07) is 13.5. The lowest BCUT2D eigenvalue weighted by atomic mass is 10.1. The Morgan fingerprint density at radius 1 is 1.03 bits per heavy atom. The lowest BCUT2D eigenvalue weighted by molar-refractivity contribution is -0.115. The van der Waals surface area contributed by atoms with E-state index in [9.17, 15) is 18.0 Å². The van der Waals surface area contributed by atoms with Crippen LogP contribution in [0.25, 0.3) is 0 Å². The van der Waals surface area contributed by atoms with Gasteiger partial charge in [-0.05, 0) is 43.2 Å². The molecular formula is C21H26N4O4S. The molecule has 2 aromatic carbocycles. The molecule has 0 aromatic heterocycles. The number of rotatable bonds is 7. The Morgan fingerprint density at radius 3 is 2.33 bits per heavy atom. The van der Waals surface area contributed by atoms with Gasteiger partial charge in [0.05, 0.1) is 17.0 Å². The summed E-state index contributed by atoms with van der Waals surface area (Å²) >= 11 is 0. The van der Waals surface area contributed by atoms with Crippen LogP contribution in [0, 0.1) is 0 Å². The second-order valence-electron chi connectivity index (χ2n) is 7.26. The molecule has 0 aliphatic carbocycles. The van der Waals surface area contributed by atoms with E-state index < -0.39 is 15.9 Å². The fraction of sp³-hybridized carbons (Fsp3) is 0.333. The van der Waals surface area contributed by atoms with Crippen LogP contribution in [0.3, 0.4) is 0 Å². The van der Waals surface area contributed by atoms with E-state index in [0.29, 0.717) is 11.4 Å². The van der Waals surface area contributed by atoms with Crippen LogP contribution in [0.1, 0.15) is 23.2 Å². The van der Waals surface area contributed by atoms with E-state index in [-0.39, 0.29) is 22.9 Å². The summed E-state index contributed by atoms with van der Waals surface area (Å²) in [7, 11) is -0.806. The number of nitrogens with one attached hydrogen (secondary N) is 2. The minimum Gasteiger partial charge on any atom is -0.371 e. The van der Waals surface area contributed by atoms with E-state index >= 15 is 0 Å². The highest BCUT2D eigenvalue weighted by atomic mass is 32.2. The average Bonchev–Trinajstić information content (AvgIpc) is 3.27. The van der Waals surface area contributed by atoms with Crippen molar-refractivity contribution in [3.05, 3.63) is 54.1 Å². The van der Waals surface area contributed by atoms with Crippen molar-refractivity contribution in [2.24, 2.45) is 0 Å². The summed E-state index contributed by atoms with van der Waals surface area (Å²) in [5, 5.41) is 5.31. The molecule has 0 unspecified atom stereocenters. The van der Waals surface area contributed by atoms with Crippen molar-refractivity contribution < 1.29 is 18.0 Å². The summed E-state index contributed by atoms with van der Waals surface area (Å²) in [5.74, 6) is -0.856. The van der Waals surface area contributed by atoms with E-state index in [1.54, 1.807) is 30.3 Å². The fourth-order valence-corrected chi connectivity index (χ4v) is 4.21. The van der Waals surface area contributed by atoms with Gasteiger partial charge in [0.2, 0.25) is 15.9 Å². The fourth-order valence-electron chi connectivity index (χ4n) is 3.28. The van der Waals surface area contributed by atoms with Gasteiger partial charge in [0, 0.05) is 38.6 Å². The molecule has 2 N–H and O–H groups in total. The van der Waals surface area contributed by atoms with Gasteiger partial charge >= 0.3 is 0 Å². The average molecular weight is 431 g/mol. The normalized spacial score (nSPS) is 14.0. The Bertz CT molecular complexity index is 1020. The van der Waals surface area contributed by atoms with Gasteiger partial charge in [-0.25, -0.2) is 12.7 Å². The molecule has 1 aliphatic rings. The number of carbonyl (C=O) groups excluding carboxylic acids is 2. The van der Waals surface area contributed by atoms with E-state index in [0.717, 1.165) is 30.2 Å². The molecule has 8 nitrogen and oxygen atoms in total. The predicted octanol–water partition coefficient (Wildman–Crippen LogP) is 1.91. The van der Waals surface area contributed by atoms with E-state index in [4.69, 9.17) is 0 Å². The molecule has 1 heterocycles. The summed E-state index contributed by atoms with van der Waals surface area (Å²) in [4.78, 5) is 27.2. The van der Waals surface area contributed by atoms with Crippen LogP contribution >= 0.6 is 0 Å². The van der Waals surface area contributed by atoms with Crippen molar-refractivity contribution >= 4 is 33.2 Å². The Kier molecular flexibility index (Phi) is 6.73. The molecule has 160 valence electrons. The SMILES string of the molecule is CN(C)S(=O)(=O)c1ccc(N2CCCC2)c(C(=O)NCC(=O)Nc2ccccc2)c1. The molecule has 2 amide bonds. The van der Waals surface area contributed by atoms with Crippen molar-refractivity contribution in [2.45, 2.75) is 17.7 Å². The summed E-state index contributed by atoms with van der Waals surface area (Å²) in [6.07, 6.45) is 2.02. The van der Waals surface area contributed by atoms with Crippen molar-refractivity contribution in [3.63, 3.8) is 0 Å². The predicted molar refractivity (Wildman–Crippen MR) is 116 cm³/mol. The van der Waals surface area contributed by atoms with Gasteiger partial charge in [0.1, 0.15) is 0 Å². The van der Waals surface area contributed by atoms with E-state index in [1.165, 1.54) is 26.2 Å². The first-order valence-corrected chi connectivity index (χ1v) is 11.2. The summed E-state index contributed by atoms with van der Waals surface area (Å²) in [5.41, 5.74) is 1.55. The molecule has 0 bridgehead atoms. The number of benzene rings is 2. The zero-order valence-corrected chi connectivity index (χ0v) is 17.9. The Labute approximate surface area is 176 Å². The highest BCUT2D eigenvalue weighted by molar-refractivity contribution is 7.89. The molecule has 9 heteroatoms. The second kappa shape index (κ2) is 9.27. The van der Waals surface area contributed by atoms with E-state index in [2.05, 4.69) is 15.5 Å². The van der Waals surface area contributed by atoms with Gasteiger partial charge in [-0.3, -0.25) is 9.59 Å². The molecule has 1 fully saturated rings. The van der Waals surface area contributed by atoms with Crippen molar-refractivity contribution in [2.75, 3.05) is 43.9 Å². The first-order valence-electron chi connectivity index (χ1n) is 9.73. The minimum absolute atomic E-state index is 0.0364. The quantitative estimate of drug-likeness (QED) is 0.699. The summed E-state index contributed by atoms with van der Waals surface area (Å²) in [6.45, 7) is 1.38. The van der Waals surface area contributed by atoms with Crippen LogP contribution in [0.15, 0.2) is 53.4 Å². The van der Waals surface area contributed by atoms with Gasteiger partial charge in [-0.15, -0.1) is 0 Å². The first kappa shape index (κ1) is 21.8. The number of anilines is 2. The zero-order valence-electron chi connectivity index (χ0n) is 17.1. The molecule has 2 aromatic rings. The number of amides is 2. The third-order valence-corrected chi connectivity index (χ3v) is 6.72. The lowest BCUT2D eigenvalue weighted by Gasteiger charge is -2.22. The minimum atomic E-state index is -3.69. The van der Waals surface area contributed by atoms with Crippen LogP contribution in [0.2, 0.25) is 0 Å². The monoisotopic (exact) mass is 430 g/mol. The van der Waals surface area contributed by atoms with Crippen molar-refractivity contribution in [1.82, 2.24) is 9.62 Å². The first-order chi connectivity index (χ1) is 14.3. The standard InChI is InChI=1S/C21H26N4O4S/c1-24(2)30(28,29)17-10-11-19(25-12-6-7-13-25)18(14-17)21(27)22-15-20(26)23-16-8-4-3-5-9-16/h3-5,8-11,14H,6-7,12-13,15H2,1-2H3,(H,22,27)(H,23,26). The number of nitrogens with zero attached hydrogens (tertiary/aromatic N) is 2. The highest BCUT2D eigenvalue weighted by Gasteiger charge is 2.24. The van der Waals surface area contributed by atoms with Crippen LogP contribution in [-0.4, -0.2) is 58.3 Å². The number of carbonyl (C=O) groups is 2. The largest absolute Gasteiger partial charge is 0.371 e. The maximum Gasteiger partial charge on any atom is 0.253 e. The van der Waals surface area contributed by atoms with Gasteiger partial charge in [-0.2, -0.15) is 0 Å². The number of hydrogen-bond acceptors (Lipinski definition) is 5. The molecule has 0 atom stereocenters. The molecule has 1 saturated heterocycles. The number of sulfonamides is 1. The molecule has 0 spiro atoms. The van der Waals surface area contributed by atoms with Gasteiger partial charge in [0.15, 0.2) is 0 Å². The van der Waals surface area contributed by atoms with Crippen molar-refractivity contribution in [3.8, 4) is 0 Å². The number of para-hydroxylation sites is 1. The molecule has 1 aliphatic heterocycles. The molecule has 0 radical (unpaired) electrons. The smallest absolute Gasteiger partial charge is 0.253 e. The Balaban J connectivity index is 1.80. The molecule has 0 saturated carbocycles. The van der Waals surface area contributed by atoms with Crippen LogP contribution < -0.4 is 15.5 Å². The lowest BCUT2D eigenvalue weighted by Crippen LogP contribution is -2.34. The maximum absolute atomic E-state index is 12.9. The maximum atomic E-state index is 12.9. The van der Waals surface area contributed by atoms with Crippen LogP contribution in [0.4, 0.5) is 11.4 Å². The van der Waals surface area contributed by atoms with Gasteiger partial charge < -0.3 is 15.5 Å². The highest BCUT2D eigenvalue weighted by Crippen LogP contribution is 2.28. The van der Waals surface area contributed by atoms with Gasteiger partial charge in [-0.1, -0.05) is 18.2 Å². The van der Waals surface area contributed by atoms with Crippen LogP contribution in [0.5, 0.6) is 0 Å². The summed E-state index contributed by atoms with van der Waals surface area (Å²) < 4.78 is 26.2. The Morgan fingerprint density at radius 2 is 1.70 bits per heavy atom. The Hall–Kier alpha value is -2.91. The third kappa shape index (κ3) is 4.98. The number of hydrogen-bond donors (Lipinski definition) is 2. The second-order valence-corrected chi connectivity index (χ2v) is 9.41. The zero-order chi connectivity index (χ0) is 21.7. The topological polar surface area (TPSA) is 98.8 Å². The molecular weight excluding hydrogens is 404 g/mol. The molecule has 30 heavy (non-hydrogen) atoms. The third-order valence-electron chi connectivity index (χ3n) is 4.91. The van der Waals surface area contributed by atoms with Crippen LogP contribution in [-0.2, 0) is 14.8 Å². The van der Waals surface area contributed by atoms with Gasteiger partial charge in [0.25, 0.3) is 5.91 Å². The molecule has 3 rings (SSSR count). The van der Waals surface area contributed by atoms with Crippen molar-refractivity contribution in [1.29, 1.82) is 0 Å². The van der Waals surface area contributed by atoms with E-state index in [1.807, 2.05) is 6.07 Å².